The van der Waals surface area contributed by atoms with E-state index in [0.29, 0.717) is 4.47 Å². The van der Waals surface area contributed by atoms with Gasteiger partial charge in [0, 0.05) is 12.2 Å². The Morgan fingerprint density at radius 1 is 1.50 bits per heavy atom. The van der Waals surface area contributed by atoms with Gasteiger partial charge in [-0.3, -0.25) is 0 Å². The van der Waals surface area contributed by atoms with Crippen molar-refractivity contribution in [3.8, 4) is 0 Å². The van der Waals surface area contributed by atoms with Gasteiger partial charge in [0.15, 0.2) is 0 Å². The van der Waals surface area contributed by atoms with Gasteiger partial charge in [-0.25, -0.2) is 4.39 Å². The van der Waals surface area contributed by atoms with Crippen LogP contribution in [-0.4, -0.2) is 6.54 Å². The molecule has 1 nitrogen and oxygen atoms in total. The van der Waals surface area contributed by atoms with E-state index in [1.807, 2.05) is 6.07 Å². The Morgan fingerprint density at radius 3 is 2.83 bits per heavy atom. The van der Waals surface area contributed by atoms with Gasteiger partial charge in [-0.15, -0.1) is 0 Å². The predicted molar refractivity (Wildman–Crippen MR) is 52.9 cm³/mol. The van der Waals surface area contributed by atoms with E-state index in [4.69, 9.17) is 0 Å². The van der Waals surface area contributed by atoms with Crippen molar-refractivity contribution >= 4 is 21.6 Å². The molecule has 0 saturated heterocycles. The summed E-state index contributed by atoms with van der Waals surface area (Å²) in [6.07, 6.45) is 1.04. The van der Waals surface area contributed by atoms with Crippen LogP contribution in [0.2, 0.25) is 0 Å². The van der Waals surface area contributed by atoms with Gasteiger partial charge in [-0.05, 0) is 40.5 Å². The molecule has 0 radical (unpaired) electrons. The zero-order valence-electron chi connectivity index (χ0n) is 6.90. The molecule has 1 aromatic rings. The minimum atomic E-state index is -0.226. The van der Waals surface area contributed by atoms with Crippen LogP contribution in [-0.2, 0) is 0 Å². The summed E-state index contributed by atoms with van der Waals surface area (Å²) in [7, 11) is 0. The first-order chi connectivity index (χ1) is 5.74. The largest absolute Gasteiger partial charge is 0.385 e. The topological polar surface area (TPSA) is 12.0 Å². The molecule has 0 heterocycles. The molecule has 0 spiro atoms. The number of halogens is 2. The van der Waals surface area contributed by atoms with E-state index in [1.54, 1.807) is 6.07 Å². The molecule has 0 atom stereocenters. The molecule has 0 bridgehead atoms. The third-order valence-electron chi connectivity index (χ3n) is 1.50. The second-order valence-corrected chi connectivity index (χ2v) is 3.41. The van der Waals surface area contributed by atoms with E-state index >= 15 is 0 Å². The Bertz CT molecular complexity index is 263. The molecule has 1 rings (SSSR count). The Kier molecular flexibility index (Phi) is 3.53. The van der Waals surface area contributed by atoms with Crippen molar-refractivity contribution in [2.24, 2.45) is 0 Å². The molecule has 0 saturated carbocycles. The molecular weight excluding hydrogens is 221 g/mol. The van der Waals surface area contributed by atoms with Crippen molar-refractivity contribution in [3.05, 3.63) is 28.5 Å². The first-order valence-electron chi connectivity index (χ1n) is 3.93. The molecule has 66 valence electrons. The fourth-order valence-corrected chi connectivity index (χ4v) is 1.12. The number of nitrogens with one attached hydrogen (secondary N) is 1. The third kappa shape index (κ3) is 2.48. The number of hydrogen-bond donors (Lipinski definition) is 1. The fourth-order valence-electron chi connectivity index (χ4n) is 0.875. The molecular formula is C9H11BrFN. The molecule has 0 aromatic heterocycles. The second kappa shape index (κ2) is 4.45. The van der Waals surface area contributed by atoms with Crippen LogP contribution in [0, 0.1) is 5.82 Å². The third-order valence-corrected chi connectivity index (χ3v) is 2.14. The minimum absolute atomic E-state index is 0.226. The predicted octanol–water partition coefficient (Wildman–Crippen LogP) is 3.41. The van der Waals surface area contributed by atoms with E-state index in [1.165, 1.54) is 6.07 Å². The summed E-state index contributed by atoms with van der Waals surface area (Å²) >= 11 is 3.09. The number of benzene rings is 1. The van der Waals surface area contributed by atoms with E-state index in [-0.39, 0.29) is 5.82 Å². The van der Waals surface area contributed by atoms with Crippen LogP contribution in [0.25, 0.3) is 0 Å². The van der Waals surface area contributed by atoms with Crippen LogP contribution in [0.4, 0.5) is 10.1 Å². The average molecular weight is 232 g/mol. The van der Waals surface area contributed by atoms with Gasteiger partial charge in [-0.1, -0.05) is 6.92 Å². The first kappa shape index (κ1) is 9.52. The maximum Gasteiger partial charge on any atom is 0.139 e. The molecule has 1 N–H and O–H groups in total. The maximum absolute atomic E-state index is 12.9. The van der Waals surface area contributed by atoms with E-state index in [9.17, 15) is 4.39 Å². The minimum Gasteiger partial charge on any atom is -0.385 e. The lowest BCUT2D eigenvalue weighted by molar-refractivity contribution is 0.621. The Morgan fingerprint density at radius 2 is 2.25 bits per heavy atom. The highest BCUT2D eigenvalue weighted by Crippen LogP contribution is 2.18. The summed E-state index contributed by atoms with van der Waals surface area (Å²) < 4.78 is 13.4. The zero-order chi connectivity index (χ0) is 8.97. The van der Waals surface area contributed by atoms with Gasteiger partial charge in [0.2, 0.25) is 0 Å². The van der Waals surface area contributed by atoms with Gasteiger partial charge >= 0.3 is 0 Å². The highest BCUT2D eigenvalue weighted by Gasteiger charge is 1.98. The molecule has 0 aliphatic rings. The number of anilines is 1. The average Bonchev–Trinajstić information content (AvgIpc) is 2.07. The monoisotopic (exact) mass is 231 g/mol. The van der Waals surface area contributed by atoms with E-state index < -0.39 is 0 Å². The van der Waals surface area contributed by atoms with Gasteiger partial charge in [-0.2, -0.15) is 0 Å². The van der Waals surface area contributed by atoms with Gasteiger partial charge < -0.3 is 5.32 Å². The van der Waals surface area contributed by atoms with Gasteiger partial charge in [0.05, 0.1) is 4.47 Å². The van der Waals surface area contributed by atoms with Crippen LogP contribution in [0.5, 0.6) is 0 Å². The molecule has 3 heteroatoms. The van der Waals surface area contributed by atoms with Crippen molar-refractivity contribution in [1.82, 2.24) is 0 Å². The molecule has 0 fully saturated rings. The lowest BCUT2D eigenvalue weighted by Crippen LogP contribution is -1.99. The summed E-state index contributed by atoms with van der Waals surface area (Å²) in [5.74, 6) is -0.226. The summed E-state index contributed by atoms with van der Waals surface area (Å²) in [6, 6.07) is 5.04. The Labute approximate surface area is 80.1 Å². The van der Waals surface area contributed by atoms with Crippen molar-refractivity contribution < 1.29 is 4.39 Å². The van der Waals surface area contributed by atoms with Crippen LogP contribution in [0.15, 0.2) is 22.7 Å². The second-order valence-electron chi connectivity index (χ2n) is 2.56. The lowest BCUT2D eigenvalue weighted by atomic mass is 10.3. The lowest BCUT2D eigenvalue weighted by Gasteiger charge is -2.04. The summed E-state index contributed by atoms with van der Waals surface area (Å²) in [5, 5.41) is 3.10. The number of rotatable bonds is 3. The summed E-state index contributed by atoms with van der Waals surface area (Å²) in [6.45, 7) is 2.95. The van der Waals surface area contributed by atoms with Crippen molar-refractivity contribution in [2.75, 3.05) is 11.9 Å². The quantitative estimate of drug-likeness (QED) is 0.841. The molecule has 0 unspecified atom stereocenters. The van der Waals surface area contributed by atoms with Crippen LogP contribution >= 0.6 is 15.9 Å². The molecule has 1 aromatic carbocycles. The highest BCUT2D eigenvalue weighted by atomic mass is 79.9. The highest BCUT2D eigenvalue weighted by molar-refractivity contribution is 9.10. The first-order valence-corrected chi connectivity index (χ1v) is 4.72. The summed E-state index contributed by atoms with van der Waals surface area (Å²) in [5.41, 5.74) is 0.831. The van der Waals surface area contributed by atoms with Crippen LogP contribution in [0.1, 0.15) is 13.3 Å². The van der Waals surface area contributed by atoms with Crippen molar-refractivity contribution in [1.29, 1.82) is 0 Å². The molecule has 12 heavy (non-hydrogen) atoms. The van der Waals surface area contributed by atoms with E-state index in [0.717, 1.165) is 18.7 Å². The van der Waals surface area contributed by atoms with Crippen LogP contribution in [0.3, 0.4) is 0 Å². The fraction of sp³-hybridized carbons (Fsp3) is 0.333. The maximum atomic E-state index is 12.9. The van der Waals surface area contributed by atoms with Crippen molar-refractivity contribution in [3.63, 3.8) is 0 Å². The van der Waals surface area contributed by atoms with Crippen molar-refractivity contribution in [2.45, 2.75) is 13.3 Å². The number of hydrogen-bond acceptors (Lipinski definition) is 1. The smallest absolute Gasteiger partial charge is 0.139 e. The normalized spacial score (nSPS) is 9.92. The molecule has 0 aliphatic heterocycles. The summed E-state index contributed by atoms with van der Waals surface area (Å²) in [4.78, 5) is 0. The SMILES string of the molecule is CCCNc1ccc(Br)c(F)c1. The van der Waals surface area contributed by atoms with Gasteiger partial charge in [0.25, 0.3) is 0 Å². The molecule has 0 aliphatic carbocycles. The van der Waals surface area contributed by atoms with Crippen LogP contribution < -0.4 is 5.32 Å². The van der Waals surface area contributed by atoms with E-state index in [2.05, 4.69) is 28.2 Å². The van der Waals surface area contributed by atoms with Gasteiger partial charge in [0.1, 0.15) is 5.82 Å². The standard InChI is InChI=1S/C9H11BrFN/c1-2-5-12-7-3-4-8(10)9(11)6-7/h3-4,6,12H,2,5H2,1H3. The Balaban J connectivity index is 2.69. The zero-order valence-corrected chi connectivity index (χ0v) is 8.49. The Hall–Kier alpha value is -0.570. The molecule has 0 amide bonds.